The second-order valence-corrected chi connectivity index (χ2v) is 4.51. The van der Waals surface area contributed by atoms with Crippen molar-refractivity contribution in [3.05, 3.63) is 35.4 Å². The molecule has 3 nitrogen and oxygen atoms in total. The van der Waals surface area contributed by atoms with Gasteiger partial charge in [0.1, 0.15) is 0 Å². The van der Waals surface area contributed by atoms with Gasteiger partial charge in [-0.1, -0.05) is 18.2 Å². The van der Waals surface area contributed by atoms with Crippen LogP contribution < -0.4 is 5.32 Å². The second-order valence-electron chi connectivity index (χ2n) is 4.51. The number of amides is 1. The lowest BCUT2D eigenvalue weighted by Crippen LogP contribution is -2.35. The van der Waals surface area contributed by atoms with Crippen molar-refractivity contribution in [3.8, 4) is 0 Å². The minimum Gasteiger partial charge on any atom is -0.376 e. The van der Waals surface area contributed by atoms with Gasteiger partial charge in [0.2, 0.25) is 0 Å². The van der Waals surface area contributed by atoms with Gasteiger partial charge in [0.15, 0.2) is 0 Å². The lowest BCUT2D eigenvalue weighted by atomic mass is 10.1. The Labute approximate surface area is 102 Å². The standard InChI is InChI=1S/C14H19NO2/c1-11-6-2-3-8-13(11)14(16)15-10-12-7-4-5-9-17-12/h2-3,6,8,12H,4-5,7,9-10H2,1H3,(H,15,16). The van der Waals surface area contributed by atoms with E-state index in [1.165, 1.54) is 6.42 Å². The minimum atomic E-state index is -0.00252. The summed E-state index contributed by atoms with van der Waals surface area (Å²) in [5, 5.41) is 2.95. The molecule has 0 saturated carbocycles. The Bertz CT molecular complexity index is 384. The fourth-order valence-corrected chi connectivity index (χ4v) is 2.10. The lowest BCUT2D eigenvalue weighted by Gasteiger charge is -2.22. The van der Waals surface area contributed by atoms with Gasteiger partial charge < -0.3 is 10.1 Å². The smallest absolute Gasteiger partial charge is 0.251 e. The van der Waals surface area contributed by atoms with Crippen molar-refractivity contribution >= 4 is 5.91 Å². The van der Waals surface area contributed by atoms with Crippen LogP contribution >= 0.6 is 0 Å². The molecule has 0 spiro atoms. The van der Waals surface area contributed by atoms with Crippen molar-refractivity contribution in [1.82, 2.24) is 5.32 Å². The Morgan fingerprint density at radius 3 is 2.94 bits per heavy atom. The molecule has 1 unspecified atom stereocenters. The summed E-state index contributed by atoms with van der Waals surface area (Å²) in [5.74, 6) is -0.00252. The Morgan fingerprint density at radius 2 is 2.24 bits per heavy atom. The zero-order valence-corrected chi connectivity index (χ0v) is 10.2. The molecule has 3 heteroatoms. The third-order valence-corrected chi connectivity index (χ3v) is 3.15. The van der Waals surface area contributed by atoms with Crippen molar-refractivity contribution in [2.75, 3.05) is 13.2 Å². The predicted molar refractivity (Wildman–Crippen MR) is 67.1 cm³/mol. The zero-order chi connectivity index (χ0) is 12.1. The number of nitrogens with one attached hydrogen (secondary N) is 1. The third-order valence-electron chi connectivity index (χ3n) is 3.15. The van der Waals surface area contributed by atoms with Crippen LogP contribution in [0.3, 0.4) is 0 Å². The monoisotopic (exact) mass is 233 g/mol. The van der Waals surface area contributed by atoms with E-state index in [-0.39, 0.29) is 12.0 Å². The van der Waals surface area contributed by atoms with Gasteiger partial charge in [0.05, 0.1) is 6.10 Å². The van der Waals surface area contributed by atoms with Crippen LogP contribution in [0.5, 0.6) is 0 Å². The van der Waals surface area contributed by atoms with Crippen LogP contribution in [0.15, 0.2) is 24.3 Å². The van der Waals surface area contributed by atoms with Gasteiger partial charge in [-0.05, 0) is 37.8 Å². The SMILES string of the molecule is Cc1ccccc1C(=O)NCC1CCCCO1. The van der Waals surface area contributed by atoms with E-state index in [2.05, 4.69) is 5.32 Å². The fraction of sp³-hybridized carbons (Fsp3) is 0.500. The van der Waals surface area contributed by atoms with E-state index >= 15 is 0 Å². The highest BCUT2D eigenvalue weighted by Crippen LogP contribution is 2.12. The number of hydrogen-bond acceptors (Lipinski definition) is 2. The van der Waals surface area contributed by atoms with Crippen molar-refractivity contribution in [3.63, 3.8) is 0 Å². The lowest BCUT2D eigenvalue weighted by molar-refractivity contribution is 0.0169. The van der Waals surface area contributed by atoms with Gasteiger partial charge in [-0.3, -0.25) is 4.79 Å². The molecule has 1 amide bonds. The summed E-state index contributed by atoms with van der Waals surface area (Å²) in [4.78, 5) is 11.9. The van der Waals surface area contributed by atoms with Crippen molar-refractivity contribution in [2.45, 2.75) is 32.3 Å². The normalized spacial score (nSPS) is 19.9. The quantitative estimate of drug-likeness (QED) is 0.870. The van der Waals surface area contributed by atoms with E-state index in [0.29, 0.717) is 6.54 Å². The summed E-state index contributed by atoms with van der Waals surface area (Å²) >= 11 is 0. The third kappa shape index (κ3) is 3.30. The molecule has 1 N–H and O–H groups in total. The first-order valence-electron chi connectivity index (χ1n) is 6.23. The molecule has 2 rings (SSSR count). The molecule has 17 heavy (non-hydrogen) atoms. The van der Waals surface area contributed by atoms with Crippen LogP contribution in [-0.4, -0.2) is 25.2 Å². The number of rotatable bonds is 3. The summed E-state index contributed by atoms with van der Waals surface area (Å²) in [6.45, 7) is 3.39. The molecule has 1 fully saturated rings. The summed E-state index contributed by atoms with van der Waals surface area (Å²) in [6, 6.07) is 7.63. The number of benzene rings is 1. The van der Waals surface area contributed by atoms with Crippen LogP contribution in [0.4, 0.5) is 0 Å². The Balaban J connectivity index is 1.87. The number of carbonyl (C=O) groups is 1. The van der Waals surface area contributed by atoms with E-state index in [9.17, 15) is 4.79 Å². The Hall–Kier alpha value is -1.35. The van der Waals surface area contributed by atoms with Crippen LogP contribution in [0.2, 0.25) is 0 Å². The Morgan fingerprint density at radius 1 is 1.41 bits per heavy atom. The molecule has 0 aromatic heterocycles. The maximum atomic E-state index is 11.9. The summed E-state index contributed by atoms with van der Waals surface area (Å²) < 4.78 is 5.58. The molecule has 1 aromatic carbocycles. The molecule has 0 aliphatic carbocycles. The van der Waals surface area contributed by atoms with Crippen molar-refractivity contribution in [2.24, 2.45) is 0 Å². The summed E-state index contributed by atoms with van der Waals surface area (Å²) in [5.41, 5.74) is 1.76. The van der Waals surface area contributed by atoms with Crippen molar-refractivity contribution in [1.29, 1.82) is 0 Å². The number of aryl methyl sites for hydroxylation is 1. The van der Waals surface area contributed by atoms with Crippen LogP contribution in [0, 0.1) is 6.92 Å². The van der Waals surface area contributed by atoms with Crippen LogP contribution in [0.25, 0.3) is 0 Å². The largest absolute Gasteiger partial charge is 0.376 e. The summed E-state index contributed by atoms with van der Waals surface area (Å²) in [7, 11) is 0. The van der Waals surface area contributed by atoms with Crippen LogP contribution in [0.1, 0.15) is 35.2 Å². The highest BCUT2D eigenvalue weighted by molar-refractivity contribution is 5.95. The molecular weight excluding hydrogens is 214 g/mol. The van der Waals surface area contributed by atoms with Gasteiger partial charge in [-0.25, -0.2) is 0 Å². The highest BCUT2D eigenvalue weighted by Gasteiger charge is 2.15. The van der Waals surface area contributed by atoms with Crippen LogP contribution in [-0.2, 0) is 4.74 Å². The van der Waals surface area contributed by atoms with E-state index in [1.807, 2.05) is 31.2 Å². The molecule has 1 saturated heterocycles. The van der Waals surface area contributed by atoms with Gasteiger partial charge in [0, 0.05) is 18.7 Å². The molecule has 92 valence electrons. The number of ether oxygens (including phenoxy) is 1. The van der Waals surface area contributed by atoms with Crippen molar-refractivity contribution < 1.29 is 9.53 Å². The van der Waals surface area contributed by atoms with Gasteiger partial charge >= 0.3 is 0 Å². The first kappa shape index (κ1) is 12.1. The average molecular weight is 233 g/mol. The van der Waals surface area contributed by atoms with E-state index < -0.39 is 0 Å². The molecule has 1 aliphatic heterocycles. The minimum absolute atomic E-state index is 0.00252. The maximum Gasteiger partial charge on any atom is 0.251 e. The topological polar surface area (TPSA) is 38.3 Å². The molecule has 0 bridgehead atoms. The summed E-state index contributed by atoms with van der Waals surface area (Å²) in [6.07, 6.45) is 3.58. The second kappa shape index (κ2) is 5.82. The first-order valence-corrected chi connectivity index (χ1v) is 6.23. The average Bonchev–Trinajstić information content (AvgIpc) is 2.38. The molecule has 0 radical (unpaired) electrons. The first-order chi connectivity index (χ1) is 8.27. The van der Waals surface area contributed by atoms with Gasteiger partial charge in [0.25, 0.3) is 5.91 Å². The highest BCUT2D eigenvalue weighted by atomic mass is 16.5. The molecule has 1 aromatic rings. The predicted octanol–water partition coefficient (Wildman–Crippen LogP) is 2.29. The molecular formula is C14H19NO2. The maximum absolute atomic E-state index is 11.9. The Kier molecular flexibility index (Phi) is 4.15. The van der Waals surface area contributed by atoms with Gasteiger partial charge in [-0.15, -0.1) is 0 Å². The molecule has 1 heterocycles. The van der Waals surface area contributed by atoms with E-state index in [1.54, 1.807) is 0 Å². The van der Waals surface area contributed by atoms with E-state index in [4.69, 9.17) is 4.74 Å². The number of hydrogen-bond donors (Lipinski definition) is 1. The zero-order valence-electron chi connectivity index (χ0n) is 10.2. The van der Waals surface area contributed by atoms with E-state index in [0.717, 1.165) is 30.6 Å². The molecule has 1 aliphatic rings. The fourth-order valence-electron chi connectivity index (χ4n) is 2.10. The molecule has 1 atom stereocenters. The number of carbonyl (C=O) groups excluding carboxylic acids is 1. The van der Waals surface area contributed by atoms with Gasteiger partial charge in [-0.2, -0.15) is 0 Å².